The highest BCUT2D eigenvalue weighted by Gasteiger charge is 2.24. The van der Waals surface area contributed by atoms with E-state index in [0.717, 1.165) is 10.6 Å². The number of primary amides is 1. The smallest absolute Gasteiger partial charge is 0.237 e. The minimum Gasteiger partial charge on any atom is -0.488 e. The van der Waals surface area contributed by atoms with E-state index in [1.54, 1.807) is 30.6 Å². The van der Waals surface area contributed by atoms with Gasteiger partial charge < -0.3 is 25.1 Å². The molecule has 0 saturated heterocycles. The Bertz CT molecular complexity index is 952. The fourth-order valence-electron chi connectivity index (χ4n) is 2.76. The van der Waals surface area contributed by atoms with Gasteiger partial charge in [0.15, 0.2) is 0 Å². The number of nitrogens with one attached hydrogen (secondary N) is 1. The van der Waals surface area contributed by atoms with Crippen molar-refractivity contribution in [3.8, 4) is 5.75 Å². The summed E-state index contributed by atoms with van der Waals surface area (Å²) in [5.41, 5.74) is 8.94. The number of thiazole rings is 1. The Morgan fingerprint density at radius 2 is 2.22 bits per heavy atom. The quantitative estimate of drug-likeness (QED) is 0.428. The third-order valence-electron chi connectivity index (χ3n) is 4.26. The van der Waals surface area contributed by atoms with Crippen molar-refractivity contribution < 1.29 is 24.2 Å². The Morgan fingerprint density at radius 1 is 1.44 bits per heavy atom. The van der Waals surface area contributed by atoms with E-state index in [2.05, 4.69) is 10.3 Å². The topological polar surface area (TPSA) is 131 Å². The lowest BCUT2D eigenvalue weighted by Gasteiger charge is -2.18. The zero-order chi connectivity index (χ0) is 19.6. The molecule has 1 aromatic carbocycles. The van der Waals surface area contributed by atoms with Crippen LogP contribution in [0.3, 0.4) is 0 Å². The largest absolute Gasteiger partial charge is 0.488 e. The highest BCUT2D eigenvalue weighted by Crippen LogP contribution is 2.33. The van der Waals surface area contributed by atoms with Crippen LogP contribution in [0.25, 0.3) is 11.0 Å². The number of hydrogen-bond acceptors (Lipinski definition) is 8. The molecule has 1 amide bonds. The molecule has 0 fully saturated rings. The van der Waals surface area contributed by atoms with Gasteiger partial charge in [0.05, 0.1) is 22.7 Å². The lowest BCUT2D eigenvalue weighted by atomic mass is 10.1. The van der Waals surface area contributed by atoms with Gasteiger partial charge in [0, 0.05) is 10.9 Å². The number of furan rings is 1. The number of benzene rings is 1. The summed E-state index contributed by atoms with van der Waals surface area (Å²) in [6.45, 7) is 3.50. The number of fused-ring (bicyclic) bond motifs is 1. The van der Waals surface area contributed by atoms with Gasteiger partial charge in [-0.3, -0.25) is 10.1 Å². The molecule has 3 aromatic rings. The van der Waals surface area contributed by atoms with Gasteiger partial charge in [0.25, 0.3) is 0 Å². The maximum Gasteiger partial charge on any atom is 0.237 e. The van der Waals surface area contributed by atoms with Crippen molar-refractivity contribution in [3.63, 3.8) is 0 Å². The van der Waals surface area contributed by atoms with Crippen LogP contribution in [0.15, 0.2) is 28.1 Å². The van der Waals surface area contributed by atoms with Crippen LogP contribution in [-0.2, 0) is 11.4 Å². The fraction of sp³-hybridized carbons (Fsp3) is 0.333. The summed E-state index contributed by atoms with van der Waals surface area (Å²) in [4.78, 5) is 16.5. The van der Waals surface area contributed by atoms with E-state index in [1.165, 1.54) is 11.3 Å². The summed E-state index contributed by atoms with van der Waals surface area (Å²) in [5.74, 6) is 0.339. The van der Waals surface area contributed by atoms with Gasteiger partial charge in [-0.25, -0.2) is 4.98 Å². The van der Waals surface area contributed by atoms with Crippen molar-refractivity contribution in [1.82, 2.24) is 10.3 Å². The lowest BCUT2D eigenvalue weighted by Crippen LogP contribution is -2.45. The molecule has 0 bridgehead atoms. The van der Waals surface area contributed by atoms with E-state index in [-0.39, 0.29) is 0 Å². The molecule has 2 aromatic heterocycles. The van der Waals surface area contributed by atoms with Gasteiger partial charge >= 0.3 is 0 Å². The zero-order valence-corrected chi connectivity index (χ0v) is 15.7. The van der Waals surface area contributed by atoms with Crippen molar-refractivity contribution in [2.24, 2.45) is 5.73 Å². The molecule has 144 valence electrons. The molecule has 0 spiro atoms. The second-order valence-electron chi connectivity index (χ2n) is 6.09. The number of nitrogens with two attached hydrogens (primary N) is 1. The highest BCUT2D eigenvalue weighted by molar-refractivity contribution is 7.09. The fourth-order valence-corrected chi connectivity index (χ4v) is 3.45. The Hall–Kier alpha value is -2.46. The Kier molecular flexibility index (Phi) is 5.76. The highest BCUT2D eigenvalue weighted by atomic mass is 32.1. The Morgan fingerprint density at radius 3 is 2.85 bits per heavy atom. The molecule has 0 aliphatic rings. The number of rotatable bonds is 8. The summed E-state index contributed by atoms with van der Waals surface area (Å²) >= 11 is 1.52. The van der Waals surface area contributed by atoms with Crippen molar-refractivity contribution in [1.29, 1.82) is 0 Å². The summed E-state index contributed by atoms with van der Waals surface area (Å²) in [5, 5.41) is 23.0. The minimum atomic E-state index is -1.24. The number of carbonyl (C=O) groups excluding carboxylic acids is 1. The van der Waals surface area contributed by atoms with Gasteiger partial charge in [-0.15, -0.1) is 11.3 Å². The van der Waals surface area contributed by atoms with Crippen LogP contribution in [-0.4, -0.2) is 33.8 Å². The number of aryl methyl sites for hydroxylation is 2. The lowest BCUT2D eigenvalue weighted by molar-refractivity contribution is -0.122. The maximum atomic E-state index is 11.3. The number of carbonyl (C=O) groups is 1. The molecular weight excluding hydrogens is 370 g/mol. The van der Waals surface area contributed by atoms with Crippen molar-refractivity contribution in [3.05, 3.63) is 45.6 Å². The third kappa shape index (κ3) is 4.11. The number of aromatic nitrogens is 1. The molecule has 3 rings (SSSR count). The Balaban J connectivity index is 1.85. The molecule has 0 saturated carbocycles. The second kappa shape index (κ2) is 8.05. The van der Waals surface area contributed by atoms with Crippen molar-refractivity contribution >= 4 is 28.2 Å². The van der Waals surface area contributed by atoms with Crippen LogP contribution in [0, 0.1) is 13.8 Å². The van der Waals surface area contributed by atoms with E-state index in [9.17, 15) is 15.0 Å². The molecule has 2 atom stereocenters. The monoisotopic (exact) mass is 391 g/mol. The van der Waals surface area contributed by atoms with E-state index < -0.39 is 24.8 Å². The van der Waals surface area contributed by atoms with E-state index in [1.807, 2.05) is 6.92 Å². The standard InChI is InChI=1S/C18H21N3O5S/c1-9-15(27-8-20-9)7-25-11-3-4-14-12(5-11)16(10(2)26-14)18(24)21-13(6-22)17(19)23/h3-5,8,13,18,21-22,24H,6-7H2,1-2H3,(H2,19,23)/t13-,18?/m0/s1. The van der Waals surface area contributed by atoms with Gasteiger partial charge in [-0.05, 0) is 32.0 Å². The summed E-state index contributed by atoms with van der Waals surface area (Å²) < 4.78 is 11.5. The second-order valence-corrected chi connectivity index (χ2v) is 7.03. The van der Waals surface area contributed by atoms with Gasteiger partial charge in [0.2, 0.25) is 5.91 Å². The number of nitrogens with zero attached hydrogens (tertiary/aromatic N) is 1. The van der Waals surface area contributed by atoms with Gasteiger partial charge in [0.1, 0.15) is 36.0 Å². The number of aliphatic hydroxyl groups excluding tert-OH is 2. The first-order chi connectivity index (χ1) is 12.9. The maximum absolute atomic E-state index is 11.3. The molecule has 0 aliphatic heterocycles. The van der Waals surface area contributed by atoms with Crippen LogP contribution in [0.5, 0.6) is 5.75 Å². The SMILES string of the molecule is Cc1ncsc1COc1ccc2oc(C)c(C(O)N[C@@H](CO)C(N)=O)c2c1. The first-order valence-corrected chi connectivity index (χ1v) is 9.17. The molecule has 5 N–H and O–H groups in total. The predicted molar refractivity (Wildman–Crippen MR) is 100 cm³/mol. The number of amides is 1. The summed E-state index contributed by atoms with van der Waals surface area (Å²) in [6.07, 6.45) is -1.24. The molecule has 8 nitrogen and oxygen atoms in total. The van der Waals surface area contributed by atoms with Gasteiger partial charge in [-0.2, -0.15) is 0 Å². The summed E-state index contributed by atoms with van der Waals surface area (Å²) in [6, 6.07) is 4.23. The zero-order valence-electron chi connectivity index (χ0n) is 14.9. The Labute approximate surface area is 159 Å². The normalized spacial score (nSPS) is 13.6. The first-order valence-electron chi connectivity index (χ1n) is 8.29. The van der Waals surface area contributed by atoms with Crippen LogP contribution < -0.4 is 15.8 Å². The number of ether oxygens (including phenoxy) is 1. The van der Waals surface area contributed by atoms with Crippen LogP contribution in [0.2, 0.25) is 0 Å². The molecule has 2 heterocycles. The molecule has 9 heteroatoms. The van der Waals surface area contributed by atoms with Gasteiger partial charge in [-0.1, -0.05) is 0 Å². The average Bonchev–Trinajstić information content (AvgIpc) is 3.18. The summed E-state index contributed by atoms with van der Waals surface area (Å²) in [7, 11) is 0. The molecule has 0 aliphatic carbocycles. The average molecular weight is 391 g/mol. The predicted octanol–water partition coefficient (Wildman–Crippen LogP) is 1.51. The van der Waals surface area contributed by atoms with E-state index in [4.69, 9.17) is 14.9 Å². The van der Waals surface area contributed by atoms with Crippen LogP contribution in [0.4, 0.5) is 0 Å². The number of aliphatic hydroxyl groups is 2. The van der Waals surface area contributed by atoms with E-state index >= 15 is 0 Å². The molecular formula is C18H21N3O5S. The molecule has 1 unspecified atom stereocenters. The third-order valence-corrected chi connectivity index (χ3v) is 5.17. The first kappa shape index (κ1) is 19.3. The molecule has 0 radical (unpaired) electrons. The van der Waals surface area contributed by atoms with Crippen molar-refractivity contribution in [2.45, 2.75) is 32.7 Å². The minimum absolute atomic E-state index is 0.392. The van der Waals surface area contributed by atoms with Crippen LogP contribution >= 0.6 is 11.3 Å². The molecule has 27 heavy (non-hydrogen) atoms. The van der Waals surface area contributed by atoms with E-state index in [0.29, 0.717) is 34.6 Å². The van der Waals surface area contributed by atoms with Crippen LogP contribution in [0.1, 0.15) is 28.1 Å². The van der Waals surface area contributed by atoms with Crippen molar-refractivity contribution in [2.75, 3.05) is 6.61 Å². The number of hydrogen-bond donors (Lipinski definition) is 4.